The molecular weight excluding hydrogens is 286 g/mol. The van der Waals surface area contributed by atoms with Gasteiger partial charge in [-0.15, -0.1) is 0 Å². The molecule has 1 fully saturated rings. The van der Waals surface area contributed by atoms with Crippen LogP contribution in [0, 0.1) is 0 Å². The van der Waals surface area contributed by atoms with Gasteiger partial charge in [-0.2, -0.15) is 0 Å². The van der Waals surface area contributed by atoms with Crippen molar-refractivity contribution < 1.29 is 4.79 Å². The van der Waals surface area contributed by atoms with Gasteiger partial charge in [0.2, 0.25) is 5.91 Å². The Morgan fingerprint density at radius 3 is 2.61 bits per heavy atom. The van der Waals surface area contributed by atoms with Crippen molar-refractivity contribution in [2.75, 3.05) is 32.7 Å². The Hall–Kier alpha value is -1.81. The van der Waals surface area contributed by atoms with Gasteiger partial charge in [-0.3, -0.25) is 9.69 Å². The second kappa shape index (κ2) is 7.18. The number of para-hydroxylation sites is 1. The van der Waals surface area contributed by atoms with E-state index in [0.717, 1.165) is 39.0 Å². The predicted molar refractivity (Wildman–Crippen MR) is 94.6 cm³/mol. The molecule has 2 heterocycles. The van der Waals surface area contributed by atoms with E-state index in [2.05, 4.69) is 40.3 Å². The molecule has 0 aliphatic carbocycles. The Kier molecular flexibility index (Phi) is 5.01. The minimum Gasteiger partial charge on any atom is -0.361 e. The molecule has 1 aliphatic heterocycles. The van der Waals surface area contributed by atoms with Crippen molar-refractivity contribution in [2.45, 2.75) is 32.6 Å². The molecule has 1 aromatic carbocycles. The first-order valence-corrected chi connectivity index (χ1v) is 8.79. The molecule has 0 radical (unpaired) electrons. The van der Waals surface area contributed by atoms with Crippen LogP contribution in [0.1, 0.15) is 38.2 Å². The highest BCUT2D eigenvalue weighted by atomic mass is 16.2. The number of carbonyl (C=O) groups excluding carboxylic acids is 1. The molecule has 0 atom stereocenters. The number of benzene rings is 1. The first-order valence-electron chi connectivity index (χ1n) is 8.79. The van der Waals surface area contributed by atoms with Crippen LogP contribution in [0.3, 0.4) is 0 Å². The summed E-state index contributed by atoms with van der Waals surface area (Å²) in [6, 6.07) is 8.52. The van der Waals surface area contributed by atoms with Crippen LogP contribution in [0.5, 0.6) is 0 Å². The number of carbonyl (C=O) groups is 1. The summed E-state index contributed by atoms with van der Waals surface area (Å²) in [6.45, 7) is 8.30. The summed E-state index contributed by atoms with van der Waals surface area (Å²) in [5.41, 5.74) is 2.66. The van der Waals surface area contributed by atoms with Gasteiger partial charge in [0.1, 0.15) is 0 Å². The number of piperidine rings is 1. The van der Waals surface area contributed by atoms with Crippen molar-refractivity contribution in [1.29, 1.82) is 0 Å². The standard InChI is InChI=1S/C19H27N3O/c1-3-22(4-2)19(23)14-21-11-9-15(10-12-21)17-13-20-18-8-6-5-7-16(17)18/h5-8,13,15,20H,3-4,9-12,14H2,1-2H3. The number of hydrogen-bond acceptors (Lipinski definition) is 2. The first kappa shape index (κ1) is 16.1. The van der Waals surface area contributed by atoms with Crippen LogP contribution in [-0.4, -0.2) is 53.4 Å². The molecular formula is C19H27N3O. The fraction of sp³-hybridized carbons (Fsp3) is 0.526. The van der Waals surface area contributed by atoms with E-state index in [0.29, 0.717) is 12.5 Å². The van der Waals surface area contributed by atoms with Crippen molar-refractivity contribution >= 4 is 16.8 Å². The molecule has 0 unspecified atom stereocenters. The molecule has 1 aromatic heterocycles. The van der Waals surface area contributed by atoms with E-state index in [1.807, 2.05) is 18.7 Å². The zero-order valence-corrected chi connectivity index (χ0v) is 14.2. The Balaban J connectivity index is 1.59. The third-order valence-electron chi connectivity index (χ3n) is 5.12. The number of likely N-dealkylation sites (N-methyl/N-ethyl adjacent to an activating group) is 1. The van der Waals surface area contributed by atoms with Crippen molar-refractivity contribution in [3.05, 3.63) is 36.0 Å². The van der Waals surface area contributed by atoms with Crippen molar-refractivity contribution in [3.63, 3.8) is 0 Å². The number of fused-ring (bicyclic) bond motifs is 1. The molecule has 1 aliphatic rings. The molecule has 1 amide bonds. The third kappa shape index (κ3) is 3.42. The fourth-order valence-electron chi connectivity index (χ4n) is 3.70. The van der Waals surface area contributed by atoms with E-state index in [4.69, 9.17) is 0 Å². The molecule has 1 N–H and O–H groups in total. The predicted octanol–water partition coefficient (Wildman–Crippen LogP) is 3.22. The van der Waals surface area contributed by atoms with Crippen LogP contribution in [0.4, 0.5) is 0 Å². The van der Waals surface area contributed by atoms with Gasteiger partial charge in [-0.25, -0.2) is 0 Å². The summed E-state index contributed by atoms with van der Waals surface area (Å²) in [5, 5.41) is 1.35. The number of aromatic amines is 1. The molecule has 0 spiro atoms. The van der Waals surface area contributed by atoms with E-state index < -0.39 is 0 Å². The van der Waals surface area contributed by atoms with E-state index >= 15 is 0 Å². The number of H-pyrrole nitrogens is 1. The van der Waals surface area contributed by atoms with E-state index in [-0.39, 0.29) is 5.91 Å². The summed E-state index contributed by atoms with van der Waals surface area (Å²) >= 11 is 0. The van der Waals surface area contributed by atoms with Gasteiger partial charge in [0.25, 0.3) is 0 Å². The minimum atomic E-state index is 0.264. The Morgan fingerprint density at radius 2 is 1.91 bits per heavy atom. The van der Waals surface area contributed by atoms with Crippen LogP contribution in [0.15, 0.2) is 30.5 Å². The Bertz CT molecular complexity index is 651. The van der Waals surface area contributed by atoms with Gasteiger partial charge in [-0.1, -0.05) is 18.2 Å². The third-order valence-corrected chi connectivity index (χ3v) is 5.12. The van der Waals surface area contributed by atoms with Crippen molar-refractivity contribution in [3.8, 4) is 0 Å². The highest BCUT2D eigenvalue weighted by molar-refractivity contribution is 5.83. The van der Waals surface area contributed by atoms with Crippen LogP contribution < -0.4 is 0 Å². The summed E-state index contributed by atoms with van der Waals surface area (Å²) in [5.74, 6) is 0.867. The highest BCUT2D eigenvalue weighted by Gasteiger charge is 2.24. The molecule has 4 nitrogen and oxygen atoms in total. The molecule has 1 saturated heterocycles. The molecule has 2 aromatic rings. The van der Waals surface area contributed by atoms with Crippen LogP contribution in [-0.2, 0) is 4.79 Å². The Labute approximate surface area is 138 Å². The molecule has 124 valence electrons. The van der Waals surface area contributed by atoms with Crippen LogP contribution >= 0.6 is 0 Å². The van der Waals surface area contributed by atoms with E-state index in [1.54, 1.807) is 0 Å². The highest BCUT2D eigenvalue weighted by Crippen LogP contribution is 2.32. The maximum absolute atomic E-state index is 12.2. The van der Waals surface area contributed by atoms with Crippen LogP contribution in [0.2, 0.25) is 0 Å². The van der Waals surface area contributed by atoms with Crippen LogP contribution in [0.25, 0.3) is 10.9 Å². The Morgan fingerprint density at radius 1 is 1.22 bits per heavy atom. The number of rotatable bonds is 5. The average molecular weight is 313 g/mol. The zero-order chi connectivity index (χ0) is 16.2. The number of hydrogen-bond donors (Lipinski definition) is 1. The number of amides is 1. The van der Waals surface area contributed by atoms with Gasteiger partial charge in [0.05, 0.1) is 6.54 Å². The SMILES string of the molecule is CCN(CC)C(=O)CN1CCC(c2c[nH]c3ccccc23)CC1. The second-order valence-electron chi connectivity index (χ2n) is 6.41. The first-order chi connectivity index (χ1) is 11.2. The summed E-state index contributed by atoms with van der Waals surface area (Å²) in [7, 11) is 0. The lowest BCUT2D eigenvalue weighted by molar-refractivity contribution is -0.132. The minimum absolute atomic E-state index is 0.264. The number of likely N-dealkylation sites (tertiary alicyclic amines) is 1. The quantitative estimate of drug-likeness (QED) is 0.920. The topological polar surface area (TPSA) is 39.3 Å². The van der Waals surface area contributed by atoms with E-state index in [1.165, 1.54) is 16.5 Å². The summed E-state index contributed by atoms with van der Waals surface area (Å²) in [4.78, 5) is 19.9. The molecule has 4 heteroatoms. The molecule has 0 saturated carbocycles. The number of nitrogens with zero attached hydrogens (tertiary/aromatic N) is 2. The van der Waals surface area contributed by atoms with Gasteiger partial charge < -0.3 is 9.88 Å². The van der Waals surface area contributed by atoms with Gasteiger partial charge in [-0.05, 0) is 57.3 Å². The smallest absolute Gasteiger partial charge is 0.236 e. The van der Waals surface area contributed by atoms with Gasteiger partial charge in [0, 0.05) is 30.2 Å². The van der Waals surface area contributed by atoms with Crippen molar-refractivity contribution in [2.24, 2.45) is 0 Å². The molecule has 23 heavy (non-hydrogen) atoms. The molecule has 3 rings (SSSR count). The van der Waals surface area contributed by atoms with E-state index in [9.17, 15) is 4.79 Å². The summed E-state index contributed by atoms with van der Waals surface area (Å²) in [6.07, 6.45) is 4.44. The lowest BCUT2D eigenvalue weighted by atomic mass is 9.89. The maximum Gasteiger partial charge on any atom is 0.236 e. The normalized spacial score (nSPS) is 16.8. The second-order valence-corrected chi connectivity index (χ2v) is 6.41. The zero-order valence-electron chi connectivity index (χ0n) is 14.2. The van der Waals surface area contributed by atoms with Crippen molar-refractivity contribution in [1.82, 2.24) is 14.8 Å². The number of aromatic nitrogens is 1. The average Bonchev–Trinajstić information content (AvgIpc) is 3.01. The monoisotopic (exact) mass is 313 g/mol. The summed E-state index contributed by atoms with van der Waals surface area (Å²) < 4.78 is 0. The molecule has 0 bridgehead atoms. The lowest BCUT2D eigenvalue weighted by Gasteiger charge is -2.32. The number of nitrogens with one attached hydrogen (secondary N) is 1. The largest absolute Gasteiger partial charge is 0.361 e. The van der Waals surface area contributed by atoms with Gasteiger partial charge in [0.15, 0.2) is 0 Å². The lowest BCUT2D eigenvalue weighted by Crippen LogP contribution is -2.43. The fourth-order valence-corrected chi connectivity index (χ4v) is 3.70. The van der Waals surface area contributed by atoms with Gasteiger partial charge >= 0.3 is 0 Å². The maximum atomic E-state index is 12.2.